The van der Waals surface area contributed by atoms with Crippen molar-refractivity contribution in [2.45, 2.75) is 25.9 Å². The first-order valence-electron chi connectivity index (χ1n) is 19.9. The van der Waals surface area contributed by atoms with Crippen molar-refractivity contribution < 1.29 is 0 Å². The Kier molecular flexibility index (Phi) is 7.89. The Labute approximate surface area is 346 Å². The maximum absolute atomic E-state index is 2.51. The van der Waals surface area contributed by atoms with Gasteiger partial charge >= 0.3 is 0 Å². The van der Waals surface area contributed by atoms with Crippen LogP contribution in [0.2, 0.25) is 0 Å². The van der Waals surface area contributed by atoms with E-state index < -0.39 is 0 Å². The molecule has 0 aromatic heterocycles. The maximum Gasteiger partial charge on any atom is 0.0473 e. The second-order valence-corrected chi connectivity index (χ2v) is 17.6. The van der Waals surface area contributed by atoms with Crippen LogP contribution in [0.25, 0.3) is 43.4 Å². The lowest BCUT2D eigenvalue weighted by Gasteiger charge is -2.30. The van der Waals surface area contributed by atoms with Crippen LogP contribution < -0.4 is 9.80 Å². The van der Waals surface area contributed by atoms with E-state index in [4.69, 9.17) is 0 Å². The Morgan fingerprint density at radius 2 is 1.02 bits per heavy atom. The number of thioether (sulfide) groups is 1. The fraction of sp³-hybridized carbons (Fsp3) is 0.0370. The van der Waals surface area contributed by atoms with Gasteiger partial charge in [-0.1, -0.05) is 133 Å². The number of allylic oxidation sites excluding steroid dienone is 2. The molecule has 0 saturated carbocycles. The second kappa shape index (κ2) is 13.6. The number of benzene rings is 9. The zero-order chi connectivity index (χ0) is 38.2. The molecule has 4 heteroatoms. The van der Waals surface area contributed by atoms with Gasteiger partial charge in [0.15, 0.2) is 0 Å². The average Bonchev–Trinajstić information content (AvgIpc) is 3.65. The maximum atomic E-state index is 2.51. The van der Waals surface area contributed by atoms with Crippen molar-refractivity contribution in [3.05, 3.63) is 218 Å². The van der Waals surface area contributed by atoms with Gasteiger partial charge in [-0.25, -0.2) is 0 Å². The minimum atomic E-state index is 0.292. The molecule has 2 aliphatic heterocycles. The second-order valence-electron chi connectivity index (χ2n) is 15.3. The first-order valence-corrected chi connectivity index (χ1v) is 21.6. The molecule has 58 heavy (non-hydrogen) atoms. The quantitative estimate of drug-likeness (QED) is 0.166. The van der Waals surface area contributed by atoms with Crippen LogP contribution in [0.4, 0.5) is 28.4 Å². The summed E-state index contributed by atoms with van der Waals surface area (Å²) in [5.41, 5.74) is 11.1. The zero-order valence-electron chi connectivity index (χ0n) is 31.5. The third-order valence-corrected chi connectivity index (χ3v) is 14.3. The lowest BCUT2D eigenvalue weighted by molar-refractivity contribution is 0.875. The highest BCUT2D eigenvalue weighted by Gasteiger charge is 2.37. The third-order valence-electron chi connectivity index (χ3n) is 11.9. The number of para-hydroxylation sites is 2. The molecule has 0 amide bonds. The molecule has 9 aromatic carbocycles. The largest absolute Gasteiger partial charge is 0.311 e. The summed E-state index contributed by atoms with van der Waals surface area (Å²) in [7, 11) is 0. The van der Waals surface area contributed by atoms with Gasteiger partial charge in [-0.3, -0.25) is 0 Å². The molecule has 0 bridgehead atoms. The molecule has 0 N–H and O–H groups in total. The zero-order valence-corrected chi connectivity index (χ0v) is 33.1. The van der Waals surface area contributed by atoms with Gasteiger partial charge in [-0.2, -0.15) is 0 Å². The molecule has 274 valence electrons. The number of nitrogens with zero attached hydrogens (tertiary/aromatic N) is 2. The van der Waals surface area contributed by atoms with Gasteiger partial charge in [0.25, 0.3) is 0 Å². The van der Waals surface area contributed by atoms with Crippen LogP contribution in [0.15, 0.2) is 227 Å². The third kappa shape index (κ3) is 5.51. The van der Waals surface area contributed by atoms with Crippen molar-refractivity contribution in [1.29, 1.82) is 0 Å². The summed E-state index contributed by atoms with van der Waals surface area (Å²) in [6.45, 7) is 0. The normalized spacial score (nSPS) is 16.2. The highest BCUT2D eigenvalue weighted by Crippen LogP contribution is 2.58. The molecular formula is C54H36N2S2. The summed E-state index contributed by atoms with van der Waals surface area (Å²) in [6, 6.07) is 68.9. The molecule has 0 radical (unpaired) electrons. The van der Waals surface area contributed by atoms with Gasteiger partial charge in [0, 0.05) is 65.4 Å². The van der Waals surface area contributed by atoms with E-state index in [1.165, 1.54) is 75.1 Å². The van der Waals surface area contributed by atoms with Crippen molar-refractivity contribution in [1.82, 2.24) is 0 Å². The van der Waals surface area contributed by atoms with Crippen LogP contribution in [-0.4, -0.2) is 5.25 Å². The summed E-state index contributed by atoms with van der Waals surface area (Å²) in [6.07, 6.45) is 7.33. The highest BCUT2D eigenvalue weighted by atomic mass is 32.2. The summed E-state index contributed by atoms with van der Waals surface area (Å²) in [5.74, 6) is 0.303. The van der Waals surface area contributed by atoms with Crippen molar-refractivity contribution in [3.63, 3.8) is 0 Å². The predicted octanol–water partition coefficient (Wildman–Crippen LogP) is 15.6. The molecule has 0 spiro atoms. The number of fused-ring (bicyclic) bond motifs is 8. The van der Waals surface area contributed by atoms with E-state index in [1.807, 2.05) is 23.5 Å². The van der Waals surface area contributed by atoms with Gasteiger partial charge < -0.3 is 9.80 Å². The summed E-state index contributed by atoms with van der Waals surface area (Å²) >= 11 is 3.92. The van der Waals surface area contributed by atoms with Crippen molar-refractivity contribution in [3.8, 4) is 11.1 Å². The topological polar surface area (TPSA) is 6.48 Å². The van der Waals surface area contributed by atoms with Crippen LogP contribution >= 0.6 is 23.5 Å². The van der Waals surface area contributed by atoms with Crippen LogP contribution in [0.5, 0.6) is 0 Å². The van der Waals surface area contributed by atoms with Gasteiger partial charge in [-0.15, -0.1) is 11.8 Å². The van der Waals surface area contributed by atoms with Gasteiger partial charge in [-0.05, 0) is 129 Å². The van der Waals surface area contributed by atoms with E-state index in [0.29, 0.717) is 11.2 Å². The molecule has 9 aromatic rings. The van der Waals surface area contributed by atoms with Crippen LogP contribution in [-0.2, 0) is 0 Å². The SMILES string of the molecule is C1=CC2c3c(cc4c5c(cccc35)Sc3cc(N(c5ccccc5)c5ccc6ccccc6c5)ccc3-4)SC2C=C1N(c1ccccc1)c1ccc2ccccc2c1. The number of hydrogen-bond acceptors (Lipinski definition) is 4. The van der Waals surface area contributed by atoms with E-state index in [2.05, 4.69) is 216 Å². The highest BCUT2D eigenvalue weighted by molar-refractivity contribution is 8.00. The number of anilines is 5. The van der Waals surface area contributed by atoms with Crippen LogP contribution in [0.3, 0.4) is 0 Å². The Morgan fingerprint density at radius 3 is 1.72 bits per heavy atom. The first-order chi connectivity index (χ1) is 28.7. The molecule has 0 fully saturated rings. The van der Waals surface area contributed by atoms with E-state index in [1.54, 1.807) is 0 Å². The van der Waals surface area contributed by atoms with Gasteiger partial charge in [0.2, 0.25) is 0 Å². The number of hydrogen-bond donors (Lipinski definition) is 0. The number of rotatable bonds is 6. The van der Waals surface area contributed by atoms with Crippen LogP contribution in [0.1, 0.15) is 11.5 Å². The molecule has 1 aliphatic carbocycles. The van der Waals surface area contributed by atoms with E-state index in [9.17, 15) is 0 Å². The van der Waals surface area contributed by atoms with E-state index >= 15 is 0 Å². The van der Waals surface area contributed by atoms with Gasteiger partial charge in [0.05, 0.1) is 0 Å². The lowest BCUT2D eigenvalue weighted by Crippen LogP contribution is -2.20. The molecular weight excluding hydrogens is 741 g/mol. The minimum absolute atomic E-state index is 0.292. The van der Waals surface area contributed by atoms with Crippen LogP contribution in [0, 0.1) is 0 Å². The summed E-state index contributed by atoms with van der Waals surface area (Å²) < 4.78 is 0. The Balaban J connectivity index is 0.940. The molecule has 3 aliphatic rings. The standard InChI is InChI=1S/C54H36N2S2/c1-3-16-39(17-4-1)55(41-24-22-35-12-7-9-14-37(35)30-41)43-26-28-45-48-34-52-53(47-20-11-21-49(54(47)48)57-50(45)32-43)46-29-27-44(33-51(46)58-52)56(40-18-5-2-6-19-40)42-25-23-36-13-8-10-15-38(36)31-42/h1-34,46,51H. The molecule has 0 saturated heterocycles. The minimum Gasteiger partial charge on any atom is -0.311 e. The fourth-order valence-corrected chi connectivity index (χ4v) is 11.9. The first kappa shape index (κ1) is 33.7. The Bertz CT molecular complexity index is 3150. The fourth-order valence-electron chi connectivity index (χ4n) is 9.24. The van der Waals surface area contributed by atoms with Crippen molar-refractivity contribution in [2.75, 3.05) is 9.80 Å². The smallest absolute Gasteiger partial charge is 0.0473 e. The predicted molar refractivity (Wildman–Crippen MR) is 248 cm³/mol. The van der Waals surface area contributed by atoms with Crippen molar-refractivity contribution >= 4 is 84.3 Å². The molecule has 2 unspecified atom stereocenters. The summed E-state index contributed by atoms with van der Waals surface area (Å²) in [4.78, 5) is 8.81. The molecule has 2 heterocycles. The van der Waals surface area contributed by atoms with E-state index in [0.717, 1.165) is 22.7 Å². The van der Waals surface area contributed by atoms with Crippen molar-refractivity contribution in [2.24, 2.45) is 0 Å². The molecule has 2 atom stereocenters. The Morgan fingerprint density at radius 1 is 0.414 bits per heavy atom. The van der Waals surface area contributed by atoms with Gasteiger partial charge in [0.1, 0.15) is 0 Å². The average molecular weight is 777 g/mol. The summed E-state index contributed by atoms with van der Waals surface area (Å²) in [5, 5.41) is 8.03. The Hall–Kier alpha value is -6.46. The molecule has 12 rings (SSSR count). The lowest BCUT2D eigenvalue weighted by atomic mass is 9.85. The van der Waals surface area contributed by atoms with E-state index in [-0.39, 0.29) is 0 Å². The monoisotopic (exact) mass is 776 g/mol. The molecule has 2 nitrogen and oxygen atoms in total.